The Morgan fingerprint density at radius 3 is 3.04 bits per heavy atom. The van der Waals surface area contributed by atoms with Crippen LogP contribution in [0.1, 0.15) is 17.7 Å². The van der Waals surface area contributed by atoms with Crippen LogP contribution in [0.3, 0.4) is 0 Å². The molecule has 0 aromatic carbocycles. The molecule has 25 heavy (non-hydrogen) atoms. The molecule has 2 aliphatic rings. The fourth-order valence-corrected chi connectivity index (χ4v) is 3.82. The number of pyridine rings is 1. The molecule has 4 heterocycles. The largest absolute Gasteiger partial charge is 0.355 e. The lowest BCUT2D eigenvalue weighted by Crippen LogP contribution is -2.50. The fourth-order valence-electron chi connectivity index (χ4n) is 3.82. The molecule has 3 aromatic rings. The van der Waals surface area contributed by atoms with E-state index >= 15 is 0 Å². The normalized spacial score (nSPS) is 16.9. The summed E-state index contributed by atoms with van der Waals surface area (Å²) in [6.07, 6.45) is 8.20. The van der Waals surface area contributed by atoms with Crippen LogP contribution in [0.15, 0.2) is 35.6 Å². The maximum Gasteiger partial charge on any atom is 0.267 e. The molecule has 0 N–H and O–H groups in total. The summed E-state index contributed by atoms with van der Waals surface area (Å²) >= 11 is 0. The van der Waals surface area contributed by atoms with Crippen LogP contribution < -0.4 is 10.5 Å². The molecule has 0 unspecified atom stereocenters. The molecule has 1 saturated heterocycles. The van der Waals surface area contributed by atoms with Crippen LogP contribution in [0.25, 0.3) is 10.9 Å². The van der Waals surface area contributed by atoms with E-state index in [1.54, 1.807) is 29.5 Å². The Balaban J connectivity index is 1.33. The number of hydrogen-bond acceptors (Lipinski definition) is 6. The molecular formula is C18H18N6O. The third kappa shape index (κ3) is 2.47. The highest BCUT2D eigenvalue weighted by Crippen LogP contribution is 2.29. The highest BCUT2D eigenvalue weighted by atomic mass is 16.1. The molecular weight excluding hydrogens is 316 g/mol. The Morgan fingerprint density at radius 1 is 1.20 bits per heavy atom. The lowest BCUT2D eigenvalue weighted by molar-refractivity contribution is 0.332. The maximum atomic E-state index is 12.2. The number of aromatic nitrogens is 5. The van der Waals surface area contributed by atoms with Gasteiger partial charge >= 0.3 is 0 Å². The second-order valence-corrected chi connectivity index (χ2v) is 6.85. The summed E-state index contributed by atoms with van der Waals surface area (Å²) in [4.78, 5) is 27.3. The second-order valence-electron chi connectivity index (χ2n) is 6.85. The summed E-state index contributed by atoms with van der Waals surface area (Å²) < 4.78 is 1.65. The van der Waals surface area contributed by atoms with Crippen LogP contribution in [-0.2, 0) is 19.4 Å². The van der Waals surface area contributed by atoms with Crippen molar-refractivity contribution in [1.29, 1.82) is 0 Å². The third-order valence-electron chi connectivity index (χ3n) is 5.13. The molecule has 0 spiro atoms. The van der Waals surface area contributed by atoms with Gasteiger partial charge in [0.05, 0.1) is 24.0 Å². The zero-order valence-corrected chi connectivity index (χ0v) is 13.8. The van der Waals surface area contributed by atoms with Crippen LogP contribution in [0.4, 0.5) is 5.82 Å². The van der Waals surface area contributed by atoms with Gasteiger partial charge in [-0.05, 0) is 30.9 Å². The van der Waals surface area contributed by atoms with Gasteiger partial charge in [0.15, 0.2) is 0 Å². The highest BCUT2D eigenvalue weighted by Gasteiger charge is 2.30. The van der Waals surface area contributed by atoms with Crippen molar-refractivity contribution in [2.75, 3.05) is 18.0 Å². The van der Waals surface area contributed by atoms with Crippen LogP contribution in [0.2, 0.25) is 0 Å². The van der Waals surface area contributed by atoms with Gasteiger partial charge in [0, 0.05) is 36.7 Å². The average Bonchev–Trinajstić information content (AvgIpc) is 3.04. The van der Waals surface area contributed by atoms with Crippen LogP contribution in [0, 0.1) is 5.92 Å². The molecule has 7 heteroatoms. The van der Waals surface area contributed by atoms with E-state index in [0.717, 1.165) is 60.3 Å². The van der Waals surface area contributed by atoms with Crippen molar-refractivity contribution < 1.29 is 0 Å². The van der Waals surface area contributed by atoms with E-state index in [1.807, 2.05) is 6.07 Å². The van der Waals surface area contributed by atoms with Crippen molar-refractivity contribution in [3.63, 3.8) is 0 Å². The Hall–Kier alpha value is -2.83. The van der Waals surface area contributed by atoms with E-state index in [1.165, 1.54) is 0 Å². The van der Waals surface area contributed by atoms with Gasteiger partial charge in [-0.25, -0.2) is 14.6 Å². The van der Waals surface area contributed by atoms with E-state index in [9.17, 15) is 4.79 Å². The number of rotatable bonds is 3. The summed E-state index contributed by atoms with van der Waals surface area (Å²) in [5.41, 5.74) is 3.12. The minimum absolute atomic E-state index is 0.0256. The minimum Gasteiger partial charge on any atom is -0.355 e. The van der Waals surface area contributed by atoms with Gasteiger partial charge < -0.3 is 4.90 Å². The molecule has 3 aromatic heterocycles. The van der Waals surface area contributed by atoms with Crippen molar-refractivity contribution in [1.82, 2.24) is 24.7 Å². The number of nitrogens with zero attached hydrogens (tertiary/aromatic N) is 6. The van der Waals surface area contributed by atoms with Gasteiger partial charge in [-0.2, -0.15) is 5.10 Å². The first kappa shape index (κ1) is 14.5. The summed E-state index contributed by atoms with van der Waals surface area (Å²) in [5, 5.41) is 5.59. The quantitative estimate of drug-likeness (QED) is 0.716. The van der Waals surface area contributed by atoms with E-state index in [4.69, 9.17) is 0 Å². The van der Waals surface area contributed by atoms with Crippen LogP contribution >= 0.6 is 0 Å². The van der Waals surface area contributed by atoms with E-state index in [-0.39, 0.29) is 5.56 Å². The van der Waals surface area contributed by atoms with Crippen LogP contribution in [-0.4, -0.2) is 37.8 Å². The fraction of sp³-hybridized carbons (Fsp3) is 0.389. The molecule has 0 atom stereocenters. The SMILES string of the molecule is O=c1cc2c(nn1CC1CN(c3ncnc4cnccc34)C1)CCC2. The molecule has 1 aliphatic heterocycles. The highest BCUT2D eigenvalue weighted by molar-refractivity contribution is 5.88. The topological polar surface area (TPSA) is 76.8 Å². The summed E-state index contributed by atoms with van der Waals surface area (Å²) in [6.45, 7) is 2.42. The standard InChI is InChI=1S/C18H18N6O/c25-17-6-13-2-1-3-15(13)22-24(17)10-12-8-23(9-12)18-14-4-5-19-7-16(14)20-11-21-18/h4-7,11-12H,1-3,8-10H2. The zero-order chi connectivity index (χ0) is 16.8. The van der Waals surface area contributed by atoms with Crippen molar-refractivity contribution in [2.45, 2.75) is 25.8 Å². The third-order valence-corrected chi connectivity index (χ3v) is 5.13. The summed E-state index contributed by atoms with van der Waals surface area (Å²) in [7, 11) is 0. The van der Waals surface area contributed by atoms with E-state index < -0.39 is 0 Å². The first-order chi connectivity index (χ1) is 12.3. The van der Waals surface area contributed by atoms with Gasteiger partial charge in [0.2, 0.25) is 0 Å². The first-order valence-corrected chi connectivity index (χ1v) is 8.67. The van der Waals surface area contributed by atoms with Crippen molar-refractivity contribution >= 4 is 16.7 Å². The monoisotopic (exact) mass is 334 g/mol. The Kier molecular flexibility index (Phi) is 3.26. The molecule has 0 radical (unpaired) electrons. The number of anilines is 1. The van der Waals surface area contributed by atoms with Gasteiger partial charge in [0.1, 0.15) is 12.1 Å². The predicted molar refractivity (Wildman–Crippen MR) is 93.6 cm³/mol. The molecule has 126 valence electrons. The maximum absolute atomic E-state index is 12.2. The molecule has 0 bridgehead atoms. The Morgan fingerprint density at radius 2 is 2.12 bits per heavy atom. The zero-order valence-electron chi connectivity index (χ0n) is 13.8. The van der Waals surface area contributed by atoms with Gasteiger partial charge in [0.25, 0.3) is 5.56 Å². The summed E-state index contributed by atoms with van der Waals surface area (Å²) in [5.74, 6) is 1.36. The number of fused-ring (bicyclic) bond motifs is 2. The molecule has 1 aliphatic carbocycles. The molecule has 7 nitrogen and oxygen atoms in total. The molecule has 1 fully saturated rings. The van der Waals surface area contributed by atoms with Crippen molar-refractivity contribution in [2.24, 2.45) is 5.92 Å². The number of aryl methyl sites for hydroxylation is 2. The van der Waals surface area contributed by atoms with Gasteiger partial charge in [-0.1, -0.05) is 0 Å². The van der Waals surface area contributed by atoms with Crippen molar-refractivity contribution in [3.8, 4) is 0 Å². The second kappa shape index (κ2) is 5.61. The van der Waals surface area contributed by atoms with Crippen LogP contribution in [0.5, 0.6) is 0 Å². The lowest BCUT2D eigenvalue weighted by Gasteiger charge is -2.40. The smallest absolute Gasteiger partial charge is 0.267 e. The Labute approximate surface area is 144 Å². The molecule has 5 rings (SSSR count). The Bertz CT molecular complexity index is 1000. The van der Waals surface area contributed by atoms with E-state index in [2.05, 4.69) is 25.0 Å². The van der Waals surface area contributed by atoms with Gasteiger partial charge in [-0.15, -0.1) is 0 Å². The number of hydrogen-bond donors (Lipinski definition) is 0. The summed E-state index contributed by atoms with van der Waals surface area (Å²) in [6, 6.07) is 3.72. The molecule has 0 saturated carbocycles. The predicted octanol–water partition coefficient (Wildman–Crippen LogP) is 1.21. The lowest BCUT2D eigenvalue weighted by atomic mass is 9.99. The first-order valence-electron chi connectivity index (χ1n) is 8.67. The minimum atomic E-state index is 0.0256. The van der Waals surface area contributed by atoms with Crippen molar-refractivity contribution in [3.05, 3.63) is 52.5 Å². The average molecular weight is 334 g/mol. The van der Waals surface area contributed by atoms with E-state index in [0.29, 0.717) is 12.5 Å². The van der Waals surface area contributed by atoms with Gasteiger partial charge in [-0.3, -0.25) is 9.78 Å². The molecule has 0 amide bonds.